The van der Waals surface area contributed by atoms with Gasteiger partial charge in [-0.25, -0.2) is 4.98 Å². The third kappa shape index (κ3) is 3.06. The van der Waals surface area contributed by atoms with Gasteiger partial charge in [0.2, 0.25) is 11.1 Å². The molecule has 0 aliphatic heterocycles. The Labute approximate surface area is 105 Å². The summed E-state index contributed by atoms with van der Waals surface area (Å²) in [5.41, 5.74) is 0. The van der Waals surface area contributed by atoms with Crippen LogP contribution in [0.5, 0.6) is 5.88 Å². The Bertz CT molecular complexity index is 389. The molecule has 0 amide bonds. The van der Waals surface area contributed by atoms with Crippen molar-refractivity contribution in [2.75, 3.05) is 0 Å². The summed E-state index contributed by atoms with van der Waals surface area (Å²) in [5, 5.41) is 0.0188. The van der Waals surface area contributed by atoms with Gasteiger partial charge in [-0.05, 0) is 43.2 Å². The minimum absolute atomic E-state index is 0.0182. The molecule has 94 valence electrons. The molecule has 2 rings (SSSR count). The monoisotopic (exact) mass is 258 g/mol. The van der Waals surface area contributed by atoms with Crippen LogP contribution < -0.4 is 4.74 Å². The lowest BCUT2D eigenvalue weighted by Crippen LogP contribution is -2.30. The van der Waals surface area contributed by atoms with Crippen LogP contribution in [0.2, 0.25) is 5.28 Å². The number of hydrogen-bond donors (Lipinski definition) is 0. The highest BCUT2D eigenvalue weighted by atomic mass is 35.5. The molecule has 0 aromatic carbocycles. The number of nitrogens with zero attached hydrogens (tertiary/aromatic N) is 2. The van der Waals surface area contributed by atoms with Gasteiger partial charge in [0.1, 0.15) is 6.10 Å². The van der Waals surface area contributed by atoms with E-state index in [1.54, 1.807) is 0 Å². The summed E-state index contributed by atoms with van der Waals surface area (Å²) in [7, 11) is 0. The van der Waals surface area contributed by atoms with Gasteiger partial charge in [-0.2, -0.15) is 9.37 Å². The molecular formula is C12H16ClFN2O. The second kappa shape index (κ2) is 5.63. The highest BCUT2D eigenvalue weighted by molar-refractivity contribution is 6.28. The minimum atomic E-state index is -0.546. The molecule has 5 heteroatoms. The Balaban J connectivity index is 2.10. The Morgan fingerprint density at radius 1 is 1.47 bits per heavy atom. The van der Waals surface area contributed by atoms with Crippen LogP contribution in [-0.2, 0) is 0 Å². The Morgan fingerprint density at radius 2 is 2.24 bits per heavy atom. The molecule has 0 N–H and O–H groups in total. The van der Waals surface area contributed by atoms with Crippen molar-refractivity contribution in [3.63, 3.8) is 0 Å². The second-order valence-corrected chi connectivity index (χ2v) is 4.74. The largest absolute Gasteiger partial charge is 0.472 e. The molecule has 2 atom stereocenters. The second-order valence-electron chi connectivity index (χ2n) is 4.40. The number of halogens is 2. The van der Waals surface area contributed by atoms with E-state index in [1.807, 2.05) is 0 Å². The van der Waals surface area contributed by atoms with E-state index in [-0.39, 0.29) is 17.3 Å². The Kier molecular flexibility index (Phi) is 4.15. The summed E-state index contributed by atoms with van der Waals surface area (Å²) in [5.74, 6) is -0.0814. The fraction of sp³-hybridized carbons (Fsp3) is 0.667. The molecule has 1 aliphatic rings. The van der Waals surface area contributed by atoms with Crippen LogP contribution in [0.25, 0.3) is 0 Å². The van der Waals surface area contributed by atoms with Gasteiger partial charge in [0.05, 0.1) is 6.20 Å². The molecule has 1 aromatic heterocycles. The molecule has 1 saturated carbocycles. The van der Waals surface area contributed by atoms with Crippen LogP contribution in [-0.4, -0.2) is 16.1 Å². The van der Waals surface area contributed by atoms with Crippen molar-refractivity contribution in [1.29, 1.82) is 0 Å². The summed E-state index contributed by atoms with van der Waals surface area (Å²) in [4.78, 5) is 7.36. The molecule has 0 bridgehead atoms. The zero-order valence-corrected chi connectivity index (χ0v) is 10.6. The molecule has 1 heterocycles. The van der Waals surface area contributed by atoms with E-state index >= 15 is 0 Å². The number of rotatable bonds is 3. The van der Waals surface area contributed by atoms with Crippen molar-refractivity contribution in [2.24, 2.45) is 5.92 Å². The van der Waals surface area contributed by atoms with Gasteiger partial charge < -0.3 is 4.74 Å². The van der Waals surface area contributed by atoms with Gasteiger partial charge in [0.25, 0.3) is 5.88 Å². The van der Waals surface area contributed by atoms with Crippen molar-refractivity contribution in [3.8, 4) is 5.88 Å². The molecule has 1 aliphatic carbocycles. The third-order valence-corrected chi connectivity index (χ3v) is 3.49. The number of aromatic nitrogens is 2. The topological polar surface area (TPSA) is 35.0 Å². The standard InChI is InChI=1S/C12H16ClFN2O/c1-2-8-5-3-4-6-10(8)17-11-9(14)7-15-12(13)16-11/h7-8,10H,2-6H2,1H3. The Morgan fingerprint density at radius 3 is 3.00 bits per heavy atom. The van der Waals surface area contributed by atoms with Crippen LogP contribution in [0, 0.1) is 11.7 Å². The van der Waals surface area contributed by atoms with Crippen LogP contribution in [0.3, 0.4) is 0 Å². The minimum Gasteiger partial charge on any atom is -0.472 e. The summed E-state index contributed by atoms with van der Waals surface area (Å²) in [6, 6.07) is 0. The van der Waals surface area contributed by atoms with Gasteiger partial charge in [-0.3, -0.25) is 0 Å². The first kappa shape index (κ1) is 12.6. The normalized spacial score (nSPS) is 24.6. The molecular weight excluding hydrogens is 243 g/mol. The predicted octanol–water partition coefficient (Wildman–Crippen LogP) is 3.62. The number of ether oxygens (including phenoxy) is 1. The fourth-order valence-electron chi connectivity index (χ4n) is 2.35. The molecule has 3 nitrogen and oxygen atoms in total. The molecule has 2 unspecified atom stereocenters. The zero-order chi connectivity index (χ0) is 12.3. The van der Waals surface area contributed by atoms with Crippen molar-refractivity contribution < 1.29 is 9.13 Å². The van der Waals surface area contributed by atoms with E-state index in [9.17, 15) is 4.39 Å². The lowest BCUT2D eigenvalue weighted by molar-refractivity contribution is 0.0812. The molecule has 0 radical (unpaired) electrons. The van der Waals surface area contributed by atoms with E-state index in [0.717, 1.165) is 31.9 Å². The third-order valence-electron chi connectivity index (χ3n) is 3.31. The maximum atomic E-state index is 13.4. The van der Waals surface area contributed by atoms with Crippen molar-refractivity contribution in [1.82, 2.24) is 9.97 Å². The van der Waals surface area contributed by atoms with E-state index in [0.29, 0.717) is 5.92 Å². The van der Waals surface area contributed by atoms with Crippen LogP contribution in [0.15, 0.2) is 6.20 Å². The van der Waals surface area contributed by atoms with Gasteiger partial charge >= 0.3 is 0 Å². The Hall–Kier alpha value is -0.900. The summed E-state index contributed by atoms with van der Waals surface area (Å²) in [6.07, 6.45) is 6.60. The van der Waals surface area contributed by atoms with E-state index in [4.69, 9.17) is 16.3 Å². The quantitative estimate of drug-likeness (QED) is 0.777. The molecule has 1 fully saturated rings. The maximum Gasteiger partial charge on any atom is 0.255 e. The smallest absolute Gasteiger partial charge is 0.255 e. The first-order chi connectivity index (χ1) is 8.20. The first-order valence-electron chi connectivity index (χ1n) is 6.05. The average molecular weight is 259 g/mol. The summed E-state index contributed by atoms with van der Waals surface area (Å²) >= 11 is 5.64. The zero-order valence-electron chi connectivity index (χ0n) is 9.83. The highest BCUT2D eigenvalue weighted by Gasteiger charge is 2.26. The lowest BCUT2D eigenvalue weighted by Gasteiger charge is -2.30. The predicted molar refractivity (Wildman–Crippen MR) is 63.7 cm³/mol. The number of hydrogen-bond acceptors (Lipinski definition) is 3. The van der Waals surface area contributed by atoms with Gasteiger partial charge in [-0.15, -0.1) is 0 Å². The van der Waals surface area contributed by atoms with Crippen molar-refractivity contribution >= 4 is 11.6 Å². The summed E-state index contributed by atoms with van der Waals surface area (Å²) in [6.45, 7) is 2.13. The van der Waals surface area contributed by atoms with E-state index in [2.05, 4.69) is 16.9 Å². The van der Waals surface area contributed by atoms with Crippen LogP contribution >= 0.6 is 11.6 Å². The summed E-state index contributed by atoms with van der Waals surface area (Å²) < 4.78 is 19.1. The van der Waals surface area contributed by atoms with Crippen LogP contribution in [0.4, 0.5) is 4.39 Å². The molecule has 0 spiro atoms. The van der Waals surface area contributed by atoms with Gasteiger partial charge in [-0.1, -0.05) is 13.3 Å². The van der Waals surface area contributed by atoms with Gasteiger partial charge in [0.15, 0.2) is 0 Å². The van der Waals surface area contributed by atoms with E-state index in [1.165, 1.54) is 6.42 Å². The average Bonchev–Trinajstić information content (AvgIpc) is 2.34. The molecule has 1 aromatic rings. The van der Waals surface area contributed by atoms with Gasteiger partial charge in [0, 0.05) is 0 Å². The maximum absolute atomic E-state index is 13.4. The van der Waals surface area contributed by atoms with Crippen molar-refractivity contribution in [3.05, 3.63) is 17.3 Å². The molecule has 17 heavy (non-hydrogen) atoms. The highest BCUT2D eigenvalue weighted by Crippen LogP contribution is 2.30. The first-order valence-corrected chi connectivity index (χ1v) is 6.43. The molecule has 0 saturated heterocycles. The lowest BCUT2D eigenvalue weighted by atomic mass is 9.85. The van der Waals surface area contributed by atoms with Crippen LogP contribution in [0.1, 0.15) is 39.0 Å². The van der Waals surface area contributed by atoms with E-state index < -0.39 is 5.82 Å². The van der Waals surface area contributed by atoms with Crippen molar-refractivity contribution in [2.45, 2.75) is 45.1 Å². The fourth-order valence-corrected chi connectivity index (χ4v) is 2.48. The SMILES string of the molecule is CCC1CCCCC1Oc1nc(Cl)ncc1F.